The van der Waals surface area contributed by atoms with Gasteiger partial charge in [-0.1, -0.05) is 12.1 Å². The van der Waals surface area contributed by atoms with E-state index in [0.29, 0.717) is 19.1 Å². The van der Waals surface area contributed by atoms with Crippen LogP contribution in [-0.4, -0.2) is 27.9 Å². The Morgan fingerprint density at radius 1 is 1.42 bits per heavy atom. The van der Waals surface area contributed by atoms with E-state index in [2.05, 4.69) is 10.1 Å². The summed E-state index contributed by atoms with van der Waals surface area (Å²) in [7, 11) is 1.96. The monoisotopic (exact) mass is 258 g/mol. The number of hydrogen-bond acceptors (Lipinski definition) is 4. The van der Waals surface area contributed by atoms with Crippen LogP contribution in [0.25, 0.3) is 11.4 Å². The summed E-state index contributed by atoms with van der Waals surface area (Å²) in [5.41, 5.74) is 6.42. The summed E-state index contributed by atoms with van der Waals surface area (Å²) in [5.74, 6) is 3.26. The summed E-state index contributed by atoms with van der Waals surface area (Å²) in [5, 5.41) is 4.49. The van der Waals surface area contributed by atoms with Gasteiger partial charge >= 0.3 is 0 Å². The highest BCUT2D eigenvalue weighted by molar-refractivity contribution is 5.57. The van der Waals surface area contributed by atoms with Gasteiger partial charge in [0.1, 0.15) is 18.2 Å². The number of nitrogens with zero attached hydrogens (tertiary/aromatic N) is 3. The number of aryl methyl sites for hydroxylation is 1. The van der Waals surface area contributed by atoms with E-state index in [1.807, 2.05) is 36.0 Å². The first kappa shape index (κ1) is 12.2. The van der Waals surface area contributed by atoms with E-state index in [9.17, 15) is 0 Å². The van der Waals surface area contributed by atoms with Gasteiger partial charge in [0.15, 0.2) is 5.82 Å². The molecule has 0 bridgehead atoms. The van der Waals surface area contributed by atoms with Crippen molar-refractivity contribution in [1.82, 2.24) is 14.8 Å². The van der Waals surface area contributed by atoms with Crippen LogP contribution in [-0.2, 0) is 7.05 Å². The molecule has 1 saturated carbocycles. The average molecular weight is 258 g/mol. The molecule has 5 nitrogen and oxygen atoms in total. The molecule has 5 heteroatoms. The normalized spacial score (nSPS) is 14.6. The van der Waals surface area contributed by atoms with E-state index in [1.54, 1.807) is 0 Å². The molecule has 0 atom stereocenters. The largest absolute Gasteiger partial charge is 0.492 e. The second kappa shape index (κ2) is 5.01. The van der Waals surface area contributed by atoms with Crippen molar-refractivity contribution < 1.29 is 4.74 Å². The summed E-state index contributed by atoms with van der Waals surface area (Å²) in [4.78, 5) is 4.64. The average Bonchev–Trinajstić information content (AvgIpc) is 3.20. The molecule has 0 saturated heterocycles. The van der Waals surface area contributed by atoms with E-state index in [0.717, 1.165) is 23.0 Å². The van der Waals surface area contributed by atoms with Crippen LogP contribution in [0.3, 0.4) is 0 Å². The van der Waals surface area contributed by atoms with Gasteiger partial charge in [-0.15, -0.1) is 0 Å². The van der Waals surface area contributed by atoms with Crippen molar-refractivity contribution in [2.24, 2.45) is 12.8 Å². The summed E-state index contributed by atoms with van der Waals surface area (Å²) < 4.78 is 7.42. The van der Waals surface area contributed by atoms with Crippen molar-refractivity contribution in [2.75, 3.05) is 13.2 Å². The minimum atomic E-state index is 0.512. The van der Waals surface area contributed by atoms with E-state index in [-0.39, 0.29) is 0 Å². The lowest BCUT2D eigenvalue weighted by atomic mass is 10.2. The van der Waals surface area contributed by atoms with Gasteiger partial charge in [-0.2, -0.15) is 5.10 Å². The number of rotatable bonds is 5. The number of hydrogen-bond donors (Lipinski definition) is 1. The van der Waals surface area contributed by atoms with Gasteiger partial charge in [0.2, 0.25) is 0 Å². The van der Waals surface area contributed by atoms with Crippen LogP contribution < -0.4 is 10.5 Å². The third-order valence-electron chi connectivity index (χ3n) is 3.22. The van der Waals surface area contributed by atoms with Crippen LogP contribution in [0, 0.1) is 0 Å². The van der Waals surface area contributed by atoms with E-state index < -0.39 is 0 Å². The molecule has 0 spiro atoms. The number of nitrogens with two attached hydrogens (primary N) is 1. The molecule has 0 unspecified atom stereocenters. The maximum absolute atomic E-state index is 5.53. The first-order valence-corrected chi connectivity index (χ1v) is 6.62. The van der Waals surface area contributed by atoms with E-state index >= 15 is 0 Å². The molecule has 1 aliphatic rings. The smallest absolute Gasteiger partial charge is 0.181 e. The Labute approximate surface area is 112 Å². The van der Waals surface area contributed by atoms with Crippen LogP contribution >= 0.6 is 0 Å². The highest BCUT2D eigenvalue weighted by atomic mass is 16.5. The summed E-state index contributed by atoms with van der Waals surface area (Å²) in [6, 6.07) is 7.83. The molecule has 0 radical (unpaired) electrons. The lowest BCUT2D eigenvalue weighted by molar-refractivity contribution is 0.328. The summed E-state index contributed by atoms with van der Waals surface area (Å²) >= 11 is 0. The predicted molar refractivity (Wildman–Crippen MR) is 73.0 cm³/mol. The zero-order valence-corrected chi connectivity index (χ0v) is 11.0. The van der Waals surface area contributed by atoms with Crippen LogP contribution in [0.1, 0.15) is 24.6 Å². The molecule has 1 heterocycles. The molecule has 3 rings (SSSR count). The molecule has 0 aliphatic heterocycles. The number of aromatic nitrogens is 3. The lowest BCUT2D eigenvalue weighted by Crippen LogP contribution is -2.10. The molecule has 0 amide bonds. The Hall–Kier alpha value is -1.88. The topological polar surface area (TPSA) is 66.0 Å². The zero-order chi connectivity index (χ0) is 13.2. The lowest BCUT2D eigenvalue weighted by Gasteiger charge is -2.04. The molecule has 1 fully saturated rings. The fourth-order valence-corrected chi connectivity index (χ4v) is 2.12. The minimum absolute atomic E-state index is 0.512. The van der Waals surface area contributed by atoms with Crippen molar-refractivity contribution in [1.29, 1.82) is 0 Å². The van der Waals surface area contributed by atoms with E-state index in [4.69, 9.17) is 10.5 Å². The Morgan fingerprint density at radius 2 is 2.26 bits per heavy atom. The van der Waals surface area contributed by atoms with Crippen molar-refractivity contribution in [3.63, 3.8) is 0 Å². The third kappa shape index (κ3) is 2.61. The number of ether oxygens (including phenoxy) is 1. The highest BCUT2D eigenvalue weighted by Crippen LogP contribution is 2.39. The van der Waals surface area contributed by atoms with Crippen molar-refractivity contribution in [3.8, 4) is 17.1 Å². The van der Waals surface area contributed by atoms with Gasteiger partial charge in [0.05, 0.1) is 0 Å². The molecule has 1 aromatic heterocycles. The Morgan fingerprint density at radius 3 is 3.00 bits per heavy atom. The van der Waals surface area contributed by atoms with Gasteiger partial charge in [-0.05, 0) is 25.0 Å². The molecule has 1 aromatic carbocycles. The third-order valence-corrected chi connectivity index (χ3v) is 3.22. The highest BCUT2D eigenvalue weighted by Gasteiger charge is 2.29. The number of benzene rings is 1. The first-order chi connectivity index (χ1) is 9.28. The van der Waals surface area contributed by atoms with E-state index in [1.165, 1.54) is 12.8 Å². The maximum Gasteiger partial charge on any atom is 0.181 e. The Kier molecular flexibility index (Phi) is 3.21. The molecular weight excluding hydrogens is 240 g/mol. The van der Waals surface area contributed by atoms with Crippen LogP contribution in [0.2, 0.25) is 0 Å². The summed E-state index contributed by atoms with van der Waals surface area (Å²) in [6.45, 7) is 1.03. The van der Waals surface area contributed by atoms with Crippen LogP contribution in [0.15, 0.2) is 24.3 Å². The molecule has 100 valence electrons. The molecule has 2 N–H and O–H groups in total. The molecular formula is C14H18N4O. The van der Waals surface area contributed by atoms with Crippen molar-refractivity contribution in [2.45, 2.75) is 18.8 Å². The Bertz CT molecular complexity index is 575. The second-order valence-corrected chi connectivity index (χ2v) is 4.86. The molecule has 19 heavy (non-hydrogen) atoms. The fraction of sp³-hybridized carbons (Fsp3) is 0.429. The first-order valence-electron chi connectivity index (χ1n) is 6.62. The summed E-state index contributed by atoms with van der Waals surface area (Å²) in [6.07, 6.45) is 2.46. The minimum Gasteiger partial charge on any atom is -0.492 e. The Balaban J connectivity index is 1.86. The van der Waals surface area contributed by atoms with Gasteiger partial charge in [0, 0.05) is 25.1 Å². The fourth-order valence-electron chi connectivity index (χ4n) is 2.12. The quantitative estimate of drug-likeness (QED) is 0.886. The predicted octanol–water partition coefficient (Wildman–Crippen LogP) is 1.70. The van der Waals surface area contributed by atoms with Gasteiger partial charge in [-0.3, -0.25) is 4.68 Å². The SMILES string of the molecule is Cn1nc(-c2cccc(OCCN)c2)nc1C1CC1. The van der Waals surface area contributed by atoms with Crippen LogP contribution in [0.4, 0.5) is 0 Å². The van der Waals surface area contributed by atoms with Gasteiger partial charge in [-0.25, -0.2) is 4.98 Å². The zero-order valence-electron chi connectivity index (χ0n) is 11.0. The molecule has 1 aliphatic carbocycles. The van der Waals surface area contributed by atoms with Crippen molar-refractivity contribution >= 4 is 0 Å². The van der Waals surface area contributed by atoms with Crippen LogP contribution in [0.5, 0.6) is 5.75 Å². The van der Waals surface area contributed by atoms with Gasteiger partial charge in [0.25, 0.3) is 0 Å². The second-order valence-electron chi connectivity index (χ2n) is 4.86. The standard InChI is InChI=1S/C14H18N4O/c1-18-14(10-5-6-10)16-13(17-18)11-3-2-4-12(9-11)19-8-7-15/h2-4,9-10H,5-8,15H2,1H3. The maximum atomic E-state index is 5.53. The van der Waals surface area contributed by atoms with Crippen molar-refractivity contribution in [3.05, 3.63) is 30.1 Å². The molecule has 2 aromatic rings. The van der Waals surface area contributed by atoms with Gasteiger partial charge < -0.3 is 10.5 Å².